The number of thiazole rings is 1. The van der Waals surface area contributed by atoms with Gasteiger partial charge in [-0.2, -0.15) is 0 Å². The molecule has 2 N–H and O–H groups in total. The molecule has 2 aromatic rings. The predicted molar refractivity (Wildman–Crippen MR) is 98.4 cm³/mol. The standard InChI is InChI=1S/C17H27N5OS/c1-11(2)15-22-12(10-24-15)7-20-16(18-6)21-9-14-19-8-13(23-14)17(3,4)5/h8,10-11H,7,9H2,1-6H3,(H2,18,20,21). The highest BCUT2D eigenvalue weighted by molar-refractivity contribution is 7.09. The summed E-state index contributed by atoms with van der Waals surface area (Å²) in [6.07, 6.45) is 1.79. The van der Waals surface area contributed by atoms with Crippen molar-refractivity contribution in [3.63, 3.8) is 0 Å². The maximum absolute atomic E-state index is 5.77. The maximum Gasteiger partial charge on any atom is 0.213 e. The van der Waals surface area contributed by atoms with Crippen LogP contribution in [0.2, 0.25) is 0 Å². The Morgan fingerprint density at radius 3 is 2.54 bits per heavy atom. The molecule has 0 aromatic carbocycles. The van der Waals surface area contributed by atoms with Crippen LogP contribution in [0.1, 0.15) is 62.9 Å². The Balaban J connectivity index is 1.85. The quantitative estimate of drug-likeness (QED) is 0.639. The normalized spacial score (nSPS) is 12.7. The first-order valence-corrected chi connectivity index (χ1v) is 9.01. The largest absolute Gasteiger partial charge is 0.443 e. The Labute approximate surface area is 147 Å². The van der Waals surface area contributed by atoms with Crippen LogP contribution in [0.5, 0.6) is 0 Å². The number of guanidine groups is 1. The van der Waals surface area contributed by atoms with Crippen molar-refractivity contribution in [1.82, 2.24) is 20.6 Å². The summed E-state index contributed by atoms with van der Waals surface area (Å²) in [6.45, 7) is 11.7. The minimum atomic E-state index is -0.0378. The van der Waals surface area contributed by atoms with Crippen LogP contribution in [0.15, 0.2) is 21.0 Å². The molecule has 2 rings (SSSR count). The minimum absolute atomic E-state index is 0.0378. The zero-order chi connectivity index (χ0) is 17.7. The molecule has 0 bridgehead atoms. The van der Waals surface area contributed by atoms with E-state index in [1.54, 1.807) is 24.6 Å². The third kappa shape index (κ3) is 5.06. The Hall–Kier alpha value is -1.89. The van der Waals surface area contributed by atoms with E-state index >= 15 is 0 Å². The summed E-state index contributed by atoms with van der Waals surface area (Å²) in [5.74, 6) is 2.69. The zero-order valence-electron chi connectivity index (χ0n) is 15.3. The van der Waals surface area contributed by atoms with Gasteiger partial charge in [0.05, 0.1) is 30.0 Å². The third-order valence-electron chi connectivity index (χ3n) is 3.42. The van der Waals surface area contributed by atoms with Crippen molar-refractivity contribution in [2.75, 3.05) is 7.05 Å². The van der Waals surface area contributed by atoms with E-state index in [9.17, 15) is 0 Å². The summed E-state index contributed by atoms with van der Waals surface area (Å²) < 4.78 is 5.77. The van der Waals surface area contributed by atoms with E-state index < -0.39 is 0 Å². The molecule has 0 saturated carbocycles. The monoisotopic (exact) mass is 349 g/mol. The number of nitrogens with zero attached hydrogens (tertiary/aromatic N) is 3. The number of hydrogen-bond acceptors (Lipinski definition) is 5. The average molecular weight is 350 g/mol. The predicted octanol–water partition coefficient (Wildman–Crippen LogP) is 3.42. The van der Waals surface area contributed by atoms with Gasteiger partial charge in [-0.1, -0.05) is 34.6 Å². The first kappa shape index (κ1) is 18.4. The van der Waals surface area contributed by atoms with Crippen LogP contribution in [0.25, 0.3) is 0 Å². The second kappa shape index (κ2) is 7.79. The fourth-order valence-electron chi connectivity index (χ4n) is 1.96. The Morgan fingerprint density at radius 2 is 2.00 bits per heavy atom. The molecule has 0 fully saturated rings. The van der Waals surface area contributed by atoms with Crippen LogP contribution >= 0.6 is 11.3 Å². The highest BCUT2D eigenvalue weighted by Gasteiger charge is 2.19. The number of oxazole rings is 1. The molecule has 0 saturated heterocycles. The van der Waals surface area contributed by atoms with Gasteiger partial charge in [-0.3, -0.25) is 4.99 Å². The van der Waals surface area contributed by atoms with Crippen molar-refractivity contribution in [3.8, 4) is 0 Å². The molecule has 0 unspecified atom stereocenters. The van der Waals surface area contributed by atoms with Crippen molar-refractivity contribution in [2.45, 2.75) is 59.0 Å². The van der Waals surface area contributed by atoms with Gasteiger partial charge in [-0.15, -0.1) is 11.3 Å². The fraction of sp³-hybridized carbons (Fsp3) is 0.588. The van der Waals surface area contributed by atoms with E-state index in [1.165, 1.54) is 0 Å². The SMILES string of the molecule is CN=C(NCc1csc(C(C)C)n1)NCc1ncc(C(C)(C)C)o1. The molecule has 2 heterocycles. The molecule has 0 atom stereocenters. The molecule has 0 radical (unpaired) electrons. The van der Waals surface area contributed by atoms with Crippen molar-refractivity contribution in [3.05, 3.63) is 33.9 Å². The van der Waals surface area contributed by atoms with Crippen LogP contribution in [0.4, 0.5) is 0 Å². The van der Waals surface area contributed by atoms with Crippen molar-refractivity contribution >= 4 is 17.3 Å². The van der Waals surface area contributed by atoms with Crippen LogP contribution < -0.4 is 10.6 Å². The summed E-state index contributed by atoms with van der Waals surface area (Å²) in [6, 6.07) is 0. The molecule has 0 aliphatic heterocycles. The van der Waals surface area contributed by atoms with Crippen LogP contribution in [-0.2, 0) is 18.5 Å². The zero-order valence-corrected chi connectivity index (χ0v) is 16.1. The van der Waals surface area contributed by atoms with E-state index in [1.807, 2.05) is 0 Å². The summed E-state index contributed by atoms with van der Waals surface area (Å²) in [4.78, 5) is 13.1. The van der Waals surface area contributed by atoms with Crippen LogP contribution in [0, 0.1) is 0 Å². The highest BCUT2D eigenvalue weighted by Crippen LogP contribution is 2.22. The topological polar surface area (TPSA) is 75.3 Å². The Morgan fingerprint density at radius 1 is 1.29 bits per heavy atom. The minimum Gasteiger partial charge on any atom is -0.443 e. The molecule has 2 aromatic heterocycles. The Kier molecular flexibility index (Phi) is 5.99. The lowest BCUT2D eigenvalue weighted by Crippen LogP contribution is -2.36. The average Bonchev–Trinajstić information content (AvgIpc) is 3.16. The molecule has 0 aliphatic rings. The molecule has 24 heavy (non-hydrogen) atoms. The second-order valence-electron chi connectivity index (χ2n) is 6.98. The van der Waals surface area contributed by atoms with Gasteiger partial charge in [0.2, 0.25) is 5.89 Å². The Bertz CT molecular complexity index is 681. The fourth-order valence-corrected chi connectivity index (χ4v) is 2.80. The molecular weight excluding hydrogens is 322 g/mol. The van der Waals surface area contributed by atoms with Gasteiger partial charge in [0.1, 0.15) is 5.76 Å². The number of aliphatic imine (C=N–C) groups is 1. The van der Waals surface area contributed by atoms with Crippen molar-refractivity contribution in [2.24, 2.45) is 4.99 Å². The van der Waals surface area contributed by atoms with E-state index in [4.69, 9.17) is 4.42 Å². The first-order valence-electron chi connectivity index (χ1n) is 8.13. The third-order valence-corrected chi connectivity index (χ3v) is 4.62. The van der Waals surface area contributed by atoms with Gasteiger partial charge in [0.15, 0.2) is 5.96 Å². The molecule has 0 aliphatic carbocycles. The van der Waals surface area contributed by atoms with Crippen LogP contribution in [0.3, 0.4) is 0 Å². The maximum atomic E-state index is 5.77. The van der Waals surface area contributed by atoms with Crippen molar-refractivity contribution < 1.29 is 4.42 Å². The number of aromatic nitrogens is 2. The van der Waals surface area contributed by atoms with Gasteiger partial charge in [-0.05, 0) is 0 Å². The van der Waals surface area contributed by atoms with E-state index in [0.717, 1.165) is 16.5 Å². The van der Waals surface area contributed by atoms with Gasteiger partial charge in [0.25, 0.3) is 0 Å². The highest BCUT2D eigenvalue weighted by atomic mass is 32.1. The molecule has 0 amide bonds. The number of hydrogen-bond donors (Lipinski definition) is 2. The lowest BCUT2D eigenvalue weighted by Gasteiger charge is -2.13. The first-order chi connectivity index (χ1) is 11.3. The smallest absolute Gasteiger partial charge is 0.213 e. The molecule has 0 spiro atoms. The lowest BCUT2D eigenvalue weighted by molar-refractivity contribution is 0.379. The van der Waals surface area contributed by atoms with E-state index in [-0.39, 0.29) is 5.41 Å². The molecule has 7 heteroatoms. The summed E-state index contributed by atoms with van der Waals surface area (Å²) in [5.41, 5.74) is 0.988. The van der Waals surface area contributed by atoms with Gasteiger partial charge in [-0.25, -0.2) is 9.97 Å². The van der Waals surface area contributed by atoms with Gasteiger partial charge < -0.3 is 15.1 Å². The second-order valence-corrected chi connectivity index (χ2v) is 7.87. The summed E-state index contributed by atoms with van der Waals surface area (Å²) in [7, 11) is 1.74. The van der Waals surface area contributed by atoms with Crippen molar-refractivity contribution in [1.29, 1.82) is 0 Å². The molecule has 132 valence electrons. The lowest BCUT2D eigenvalue weighted by atomic mass is 9.94. The molecular formula is C17H27N5OS. The number of rotatable bonds is 5. The van der Waals surface area contributed by atoms with E-state index in [0.29, 0.717) is 30.9 Å². The van der Waals surface area contributed by atoms with E-state index in [2.05, 4.69) is 65.6 Å². The van der Waals surface area contributed by atoms with Crippen LogP contribution in [-0.4, -0.2) is 23.0 Å². The summed E-state index contributed by atoms with van der Waals surface area (Å²) in [5, 5.41) is 9.71. The summed E-state index contributed by atoms with van der Waals surface area (Å²) >= 11 is 1.70. The number of nitrogens with one attached hydrogen (secondary N) is 2. The van der Waals surface area contributed by atoms with Gasteiger partial charge in [0, 0.05) is 23.8 Å². The molecule has 6 nitrogen and oxygen atoms in total. The van der Waals surface area contributed by atoms with Gasteiger partial charge >= 0.3 is 0 Å².